The Morgan fingerprint density at radius 1 is 1.08 bits per heavy atom. The molecule has 2 N–H and O–H groups in total. The monoisotopic (exact) mass is 567 g/mol. The second kappa shape index (κ2) is 10.8. The SMILES string of the molecule is Cc1ccc(NC(=O)COc2ccc(/C=C3\C(=O)NC(=O)N(c4cccc(Cl)c4)C3=O)cc2Br)cc1. The standard InChI is InChI=1S/C26H19BrClN3O5/c1-15-5-8-18(9-6-15)29-23(32)14-36-22-10-7-16(12-21(22)27)11-20-24(33)30-26(35)31(25(20)34)19-4-2-3-17(28)13-19/h2-13H,14H2,1H3,(H,29,32)(H,30,33,35)/b20-11+. The number of halogens is 2. The number of hydrogen-bond acceptors (Lipinski definition) is 5. The molecule has 1 saturated heterocycles. The first kappa shape index (κ1) is 25.2. The summed E-state index contributed by atoms with van der Waals surface area (Å²) in [5.74, 6) is -1.53. The molecule has 8 nitrogen and oxygen atoms in total. The van der Waals surface area contributed by atoms with E-state index < -0.39 is 17.8 Å². The van der Waals surface area contributed by atoms with Gasteiger partial charge in [-0.1, -0.05) is 41.4 Å². The van der Waals surface area contributed by atoms with Gasteiger partial charge in [-0.05, 0) is 77.0 Å². The number of anilines is 2. The van der Waals surface area contributed by atoms with E-state index in [-0.39, 0.29) is 23.8 Å². The second-order valence-electron chi connectivity index (χ2n) is 7.83. The predicted molar refractivity (Wildman–Crippen MR) is 140 cm³/mol. The lowest BCUT2D eigenvalue weighted by Gasteiger charge is -2.26. The Labute approximate surface area is 220 Å². The third kappa shape index (κ3) is 5.81. The van der Waals surface area contributed by atoms with Crippen molar-refractivity contribution in [1.82, 2.24) is 5.32 Å². The number of amides is 5. The molecule has 10 heteroatoms. The van der Waals surface area contributed by atoms with Crippen LogP contribution >= 0.6 is 27.5 Å². The number of urea groups is 1. The lowest BCUT2D eigenvalue weighted by atomic mass is 10.1. The quantitative estimate of drug-likeness (QED) is 0.318. The number of rotatable bonds is 6. The molecule has 1 aliphatic heterocycles. The van der Waals surface area contributed by atoms with Crippen LogP contribution in [0.4, 0.5) is 16.2 Å². The van der Waals surface area contributed by atoms with Crippen LogP contribution in [0.15, 0.2) is 76.8 Å². The largest absolute Gasteiger partial charge is 0.483 e. The van der Waals surface area contributed by atoms with Crippen LogP contribution in [0.25, 0.3) is 6.08 Å². The van der Waals surface area contributed by atoms with Crippen molar-refractivity contribution in [2.24, 2.45) is 0 Å². The normalized spacial score (nSPS) is 14.6. The Morgan fingerprint density at radius 3 is 2.53 bits per heavy atom. The molecule has 0 radical (unpaired) electrons. The highest BCUT2D eigenvalue weighted by Crippen LogP contribution is 2.29. The van der Waals surface area contributed by atoms with Gasteiger partial charge >= 0.3 is 6.03 Å². The average Bonchev–Trinajstić information content (AvgIpc) is 2.82. The van der Waals surface area contributed by atoms with E-state index in [1.807, 2.05) is 19.1 Å². The van der Waals surface area contributed by atoms with Gasteiger partial charge in [0.05, 0.1) is 10.2 Å². The summed E-state index contributed by atoms with van der Waals surface area (Å²) in [6.45, 7) is 1.74. The number of aryl methyl sites for hydroxylation is 1. The van der Waals surface area contributed by atoms with Crippen LogP contribution in [0.3, 0.4) is 0 Å². The minimum atomic E-state index is -0.863. The summed E-state index contributed by atoms with van der Waals surface area (Å²) < 4.78 is 6.10. The van der Waals surface area contributed by atoms with Gasteiger partial charge in [0.15, 0.2) is 6.61 Å². The number of benzene rings is 3. The van der Waals surface area contributed by atoms with Crippen LogP contribution in [-0.4, -0.2) is 30.4 Å². The molecule has 182 valence electrons. The maximum Gasteiger partial charge on any atom is 0.335 e. The van der Waals surface area contributed by atoms with Crippen molar-refractivity contribution in [3.8, 4) is 5.75 Å². The molecule has 4 rings (SSSR count). The first-order valence-corrected chi connectivity index (χ1v) is 11.8. The lowest BCUT2D eigenvalue weighted by molar-refractivity contribution is -0.122. The summed E-state index contributed by atoms with van der Waals surface area (Å²) in [6.07, 6.45) is 1.36. The second-order valence-corrected chi connectivity index (χ2v) is 9.12. The van der Waals surface area contributed by atoms with E-state index in [0.29, 0.717) is 26.5 Å². The van der Waals surface area contributed by atoms with E-state index in [9.17, 15) is 19.2 Å². The van der Waals surface area contributed by atoms with Gasteiger partial charge in [-0.15, -0.1) is 0 Å². The molecule has 5 amide bonds. The zero-order valence-corrected chi connectivity index (χ0v) is 21.2. The Kier molecular flexibility index (Phi) is 7.52. The van der Waals surface area contributed by atoms with Crippen LogP contribution < -0.4 is 20.3 Å². The van der Waals surface area contributed by atoms with E-state index in [0.717, 1.165) is 10.5 Å². The molecule has 1 aliphatic rings. The van der Waals surface area contributed by atoms with Crippen LogP contribution in [0.5, 0.6) is 5.75 Å². The first-order valence-electron chi connectivity index (χ1n) is 10.7. The van der Waals surface area contributed by atoms with Crippen molar-refractivity contribution in [2.45, 2.75) is 6.92 Å². The van der Waals surface area contributed by atoms with Crippen molar-refractivity contribution in [3.05, 3.63) is 92.9 Å². The van der Waals surface area contributed by atoms with Gasteiger partial charge in [-0.2, -0.15) is 0 Å². The van der Waals surface area contributed by atoms with Gasteiger partial charge in [0.25, 0.3) is 17.7 Å². The van der Waals surface area contributed by atoms with E-state index in [4.69, 9.17) is 16.3 Å². The maximum absolute atomic E-state index is 13.0. The molecule has 0 saturated carbocycles. The molecule has 0 atom stereocenters. The number of carbonyl (C=O) groups excluding carboxylic acids is 4. The van der Waals surface area contributed by atoms with Crippen LogP contribution in [-0.2, 0) is 14.4 Å². The van der Waals surface area contributed by atoms with Crippen molar-refractivity contribution >= 4 is 68.7 Å². The zero-order valence-electron chi connectivity index (χ0n) is 18.9. The lowest BCUT2D eigenvalue weighted by Crippen LogP contribution is -2.54. The van der Waals surface area contributed by atoms with Crippen LogP contribution in [0.2, 0.25) is 5.02 Å². The number of hydrogen-bond donors (Lipinski definition) is 2. The minimum Gasteiger partial charge on any atom is -0.483 e. The van der Waals surface area contributed by atoms with E-state index >= 15 is 0 Å². The zero-order chi connectivity index (χ0) is 25.8. The molecule has 36 heavy (non-hydrogen) atoms. The molecule has 0 bridgehead atoms. The Morgan fingerprint density at radius 2 is 1.83 bits per heavy atom. The summed E-state index contributed by atoms with van der Waals surface area (Å²) >= 11 is 9.37. The van der Waals surface area contributed by atoms with Gasteiger partial charge in [0.1, 0.15) is 11.3 Å². The summed E-state index contributed by atoms with van der Waals surface area (Å²) in [6, 6.07) is 17.5. The molecule has 0 unspecified atom stereocenters. The van der Waals surface area contributed by atoms with Gasteiger partial charge in [0.2, 0.25) is 0 Å². The van der Waals surface area contributed by atoms with Gasteiger partial charge < -0.3 is 10.1 Å². The van der Waals surface area contributed by atoms with Crippen LogP contribution in [0.1, 0.15) is 11.1 Å². The molecular weight excluding hydrogens is 550 g/mol. The number of carbonyl (C=O) groups is 4. The van der Waals surface area contributed by atoms with Crippen LogP contribution in [0, 0.1) is 6.92 Å². The highest BCUT2D eigenvalue weighted by Gasteiger charge is 2.36. The number of barbiturate groups is 1. The van der Waals surface area contributed by atoms with Crippen molar-refractivity contribution in [3.63, 3.8) is 0 Å². The number of imide groups is 2. The van der Waals surface area contributed by atoms with Crippen molar-refractivity contribution < 1.29 is 23.9 Å². The summed E-state index contributed by atoms with van der Waals surface area (Å²) in [4.78, 5) is 50.8. The maximum atomic E-state index is 13.0. The Hall–Kier alpha value is -3.95. The molecule has 3 aromatic rings. The summed E-state index contributed by atoms with van der Waals surface area (Å²) in [5, 5.41) is 5.25. The predicted octanol–water partition coefficient (Wildman–Crippen LogP) is 5.09. The summed E-state index contributed by atoms with van der Waals surface area (Å²) in [5.41, 5.74) is 2.25. The molecule has 0 spiro atoms. The minimum absolute atomic E-state index is 0.218. The first-order chi connectivity index (χ1) is 17.2. The fourth-order valence-corrected chi connectivity index (χ4v) is 4.07. The van der Waals surface area contributed by atoms with E-state index in [1.165, 1.54) is 18.2 Å². The fraction of sp³-hybridized carbons (Fsp3) is 0.0769. The Balaban J connectivity index is 1.47. The Bertz CT molecular complexity index is 1400. The highest BCUT2D eigenvalue weighted by molar-refractivity contribution is 9.10. The van der Waals surface area contributed by atoms with Crippen molar-refractivity contribution in [1.29, 1.82) is 0 Å². The van der Waals surface area contributed by atoms with Gasteiger partial charge in [0, 0.05) is 10.7 Å². The summed E-state index contributed by atoms with van der Waals surface area (Å²) in [7, 11) is 0. The molecule has 1 heterocycles. The molecular formula is C26H19BrClN3O5. The fourth-order valence-electron chi connectivity index (χ4n) is 3.38. The number of ether oxygens (including phenoxy) is 1. The van der Waals surface area contributed by atoms with E-state index in [1.54, 1.807) is 42.5 Å². The average molecular weight is 569 g/mol. The van der Waals surface area contributed by atoms with Crippen molar-refractivity contribution in [2.75, 3.05) is 16.8 Å². The number of nitrogens with one attached hydrogen (secondary N) is 2. The third-order valence-corrected chi connectivity index (χ3v) is 5.98. The smallest absolute Gasteiger partial charge is 0.335 e. The molecule has 3 aromatic carbocycles. The molecule has 0 aliphatic carbocycles. The molecule has 0 aromatic heterocycles. The topological polar surface area (TPSA) is 105 Å². The highest BCUT2D eigenvalue weighted by atomic mass is 79.9. The number of nitrogens with zero attached hydrogens (tertiary/aromatic N) is 1. The van der Waals surface area contributed by atoms with Gasteiger partial charge in [-0.3, -0.25) is 19.7 Å². The van der Waals surface area contributed by atoms with E-state index in [2.05, 4.69) is 26.6 Å². The van der Waals surface area contributed by atoms with Gasteiger partial charge in [-0.25, -0.2) is 9.69 Å². The third-order valence-electron chi connectivity index (χ3n) is 5.13. The molecule has 1 fully saturated rings.